The van der Waals surface area contributed by atoms with Crippen LogP contribution in [-0.4, -0.2) is 35.0 Å². The Morgan fingerprint density at radius 2 is 1.83 bits per heavy atom. The number of rotatable bonds is 1. The summed E-state index contributed by atoms with van der Waals surface area (Å²) < 4.78 is 5.88. The molecule has 0 amide bonds. The minimum atomic E-state index is 0.756. The Bertz CT molecular complexity index is 883. The van der Waals surface area contributed by atoms with Gasteiger partial charge in [0.05, 0.1) is 11.0 Å². The second kappa shape index (κ2) is 3.26. The van der Waals surface area contributed by atoms with E-state index in [4.69, 9.17) is 0 Å². The number of hydrogen-bond donors (Lipinski definition) is 0. The number of aromatic nitrogens is 6. The van der Waals surface area contributed by atoms with E-state index in [1.165, 1.54) is 11.8 Å². The van der Waals surface area contributed by atoms with Crippen molar-refractivity contribution in [3.8, 4) is 0 Å². The van der Waals surface area contributed by atoms with E-state index in [2.05, 4.69) is 32.0 Å². The minimum absolute atomic E-state index is 0.756. The zero-order chi connectivity index (χ0) is 12.3. The SMILES string of the molecule is CSc1nnc2n1nc1n(C)c3ccccc3n12. The van der Waals surface area contributed by atoms with Crippen molar-refractivity contribution < 1.29 is 0 Å². The van der Waals surface area contributed by atoms with Crippen LogP contribution in [0.1, 0.15) is 0 Å². The number of aryl methyl sites for hydroxylation is 1. The van der Waals surface area contributed by atoms with E-state index in [0.29, 0.717) is 0 Å². The summed E-state index contributed by atoms with van der Waals surface area (Å²) in [6, 6.07) is 8.18. The molecule has 3 heterocycles. The molecule has 4 aromatic rings. The number of imidazole rings is 1. The fourth-order valence-electron chi connectivity index (χ4n) is 2.31. The highest BCUT2D eigenvalue weighted by Crippen LogP contribution is 2.22. The molecular formula is C11H10N6S. The van der Waals surface area contributed by atoms with Gasteiger partial charge in [-0.25, -0.2) is 4.40 Å². The highest BCUT2D eigenvalue weighted by Gasteiger charge is 2.17. The fourth-order valence-corrected chi connectivity index (χ4v) is 2.73. The number of fused-ring (bicyclic) bond motifs is 5. The van der Waals surface area contributed by atoms with Crippen LogP contribution >= 0.6 is 11.8 Å². The summed E-state index contributed by atoms with van der Waals surface area (Å²) in [4.78, 5) is 0. The van der Waals surface area contributed by atoms with Gasteiger partial charge in [0.1, 0.15) is 0 Å². The molecule has 0 aliphatic rings. The van der Waals surface area contributed by atoms with Gasteiger partial charge in [0.25, 0.3) is 5.78 Å². The predicted octanol–water partition coefficient (Wildman–Crippen LogP) is 1.59. The second-order valence-electron chi connectivity index (χ2n) is 4.08. The number of hydrogen-bond acceptors (Lipinski definition) is 4. The average Bonchev–Trinajstić information content (AvgIpc) is 3.01. The zero-order valence-corrected chi connectivity index (χ0v) is 10.7. The van der Waals surface area contributed by atoms with Gasteiger partial charge in [0.15, 0.2) is 0 Å². The average molecular weight is 258 g/mol. The summed E-state index contributed by atoms with van der Waals surface area (Å²) in [6.45, 7) is 0. The first-order valence-electron chi connectivity index (χ1n) is 5.52. The largest absolute Gasteiger partial charge is 0.311 e. The normalized spacial score (nSPS) is 12.1. The molecule has 0 saturated carbocycles. The van der Waals surface area contributed by atoms with Crippen molar-refractivity contribution in [1.29, 1.82) is 0 Å². The molecule has 1 aromatic carbocycles. The fraction of sp³-hybridized carbons (Fsp3) is 0.182. The van der Waals surface area contributed by atoms with Gasteiger partial charge in [-0.2, -0.15) is 4.52 Å². The third-order valence-corrected chi connectivity index (χ3v) is 3.77. The van der Waals surface area contributed by atoms with Crippen LogP contribution in [0, 0.1) is 0 Å². The number of thioether (sulfide) groups is 1. The lowest BCUT2D eigenvalue weighted by Crippen LogP contribution is -1.91. The van der Waals surface area contributed by atoms with Crippen LogP contribution in [0.3, 0.4) is 0 Å². The summed E-state index contributed by atoms with van der Waals surface area (Å²) in [5, 5.41) is 13.7. The lowest BCUT2D eigenvalue weighted by molar-refractivity contribution is 0.817. The molecule has 0 spiro atoms. The molecule has 0 aliphatic heterocycles. The van der Waals surface area contributed by atoms with Crippen LogP contribution in [0.15, 0.2) is 29.4 Å². The quantitative estimate of drug-likeness (QED) is 0.486. The molecule has 0 unspecified atom stereocenters. The van der Waals surface area contributed by atoms with Gasteiger partial charge in [-0.1, -0.05) is 23.9 Å². The van der Waals surface area contributed by atoms with Crippen LogP contribution in [0.5, 0.6) is 0 Å². The van der Waals surface area contributed by atoms with E-state index in [-0.39, 0.29) is 0 Å². The van der Waals surface area contributed by atoms with Crippen molar-refractivity contribution >= 4 is 34.4 Å². The molecule has 0 fully saturated rings. The van der Waals surface area contributed by atoms with Gasteiger partial charge in [-0.3, -0.25) is 0 Å². The van der Waals surface area contributed by atoms with Crippen molar-refractivity contribution in [3.05, 3.63) is 24.3 Å². The highest BCUT2D eigenvalue weighted by molar-refractivity contribution is 7.98. The number of benzene rings is 1. The van der Waals surface area contributed by atoms with E-state index in [1.807, 2.05) is 29.8 Å². The smallest absolute Gasteiger partial charge is 0.260 e. The standard InChI is InChI=1S/C11H10N6S/c1-15-7-5-3-4-6-8(7)16-9-12-13-11(18-2)17(9)14-10(15)16/h3-6H,1-2H3. The van der Waals surface area contributed by atoms with Gasteiger partial charge >= 0.3 is 0 Å². The topological polar surface area (TPSA) is 52.4 Å². The molecule has 0 N–H and O–H groups in total. The van der Waals surface area contributed by atoms with Gasteiger partial charge < -0.3 is 4.57 Å². The molecule has 3 aromatic heterocycles. The molecule has 4 rings (SSSR count). The van der Waals surface area contributed by atoms with Gasteiger partial charge in [0, 0.05) is 7.05 Å². The van der Waals surface area contributed by atoms with E-state index in [9.17, 15) is 0 Å². The highest BCUT2D eigenvalue weighted by atomic mass is 32.2. The molecule has 7 heteroatoms. The Balaban J connectivity index is 2.31. The van der Waals surface area contributed by atoms with Crippen LogP contribution in [0.4, 0.5) is 0 Å². The minimum Gasteiger partial charge on any atom is -0.311 e. The summed E-state index contributed by atoms with van der Waals surface area (Å²) >= 11 is 1.54. The second-order valence-corrected chi connectivity index (χ2v) is 4.86. The Morgan fingerprint density at radius 1 is 1.06 bits per heavy atom. The third-order valence-electron chi connectivity index (χ3n) is 3.15. The molecule has 0 radical (unpaired) electrons. The van der Waals surface area contributed by atoms with E-state index >= 15 is 0 Å². The molecular weight excluding hydrogens is 248 g/mol. The summed E-state index contributed by atoms with van der Waals surface area (Å²) in [5.41, 5.74) is 2.23. The van der Waals surface area contributed by atoms with Crippen molar-refractivity contribution in [2.75, 3.05) is 6.26 Å². The van der Waals surface area contributed by atoms with Crippen LogP contribution in [-0.2, 0) is 7.05 Å². The first-order chi connectivity index (χ1) is 8.81. The molecule has 18 heavy (non-hydrogen) atoms. The third kappa shape index (κ3) is 1.02. The lowest BCUT2D eigenvalue weighted by Gasteiger charge is -1.93. The Morgan fingerprint density at radius 3 is 2.61 bits per heavy atom. The molecule has 0 bridgehead atoms. The van der Waals surface area contributed by atoms with E-state index < -0.39 is 0 Å². The van der Waals surface area contributed by atoms with E-state index in [1.54, 1.807) is 4.52 Å². The number of nitrogens with zero attached hydrogens (tertiary/aromatic N) is 6. The molecule has 6 nitrogen and oxygen atoms in total. The van der Waals surface area contributed by atoms with Crippen molar-refractivity contribution in [2.45, 2.75) is 5.16 Å². The zero-order valence-electron chi connectivity index (χ0n) is 9.90. The predicted molar refractivity (Wildman–Crippen MR) is 70.0 cm³/mol. The maximum Gasteiger partial charge on any atom is 0.260 e. The molecule has 0 saturated heterocycles. The summed E-state index contributed by atoms with van der Waals surface area (Å²) in [7, 11) is 2.01. The summed E-state index contributed by atoms with van der Waals surface area (Å²) in [6.07, 6.45) is 1.97. The van der Waals surface area contributed by atoms with Crippen LogP contribution < -0.4 is 0 Å². The summed E-state index contributed by atoms with van der Waals surface area (Å²) in [5.74, 6) is 1.63. The Kier molecular flexibility index (Phi) is 1.80. The van der Waals surface area contributed by atoms with Crippen molar-refractivity contribution in [1.82, 2.24) is 28.8 Å². The molecule has 0 aliphatic carbocycles. The maximum atomic E-state index is 4.58. The monoisotopic (exact) mass is 258 g/mol. The molecule has 90 valence electrons. The first-order valence-corrected chi connectivity index (χ1v) is 6.75. The van der Waals surface area contributed by atoms with Gasteiger partial charge in [-0.05, 0) is 18.4 Å². The van der Waals surface area contributed by atoms with Gasteiger partial charge in [-0.15, -0.1) is 15.3 Å². The first kappa shape index (κ1) is 9.95. The molecule has 0 atom stereocenters. The van der Waals surface area contributed by atoms with Crippen molar-refractivity contribution in [2.24, 2.45) is 7.05 Å². The Labute approximate surface area is 106 Å². The number of para-hydroxylation sites is 2. The lowest BCUT2D eigenvalue weighted by atomic mass is 10.3. The maximum absolute atomic E-state index is 4.58. The van der Waals surface area contributed by atoms with Crippen LogP contribution in [0.25, 0.3) is 22.6 Å². The van der Waals surface area contributed by atoms with Crippen LogP contribution in [0.2, 0.25) is 0 Å². The Hall–Kier alpha value is -2.02. The van der Waals surface area contributed by atoms with E-state index in [0.717, 1.165) is 27.7 Å². The van der Waals surface area contributed by atoms with Gasteiger partial charge in [0.2, 0.25) is 10.9 Å². The van der Waals surface area contributed by atoms with Crippen molar-refractivity contribution in [3.63, 3.8) is 0 Å².